The molecule has 0 radical (unpaired) electrons. The summed E-state index contributed by atoms with van der Waals surface area (Å²) in [6.07, 6.45) is -0.172. The fourth-order valence-electron chi connectivity index (χ4n) is 1.85. The second-order valence-corrected chi connectivity index (χ2v) is 4.43. The number of hydrogen-bond donors (Lipinski definition) is 0. The summed E-state index contributed by atoms with van der Waals surface area (Å²) >= 11 is 0. The Kier molecular flexibility index (Phi) is 3.13. The Morgan fingerprint density at radius 1 is 1.31 bits per heavy atom. The number of amides is 1. The van der Waals surface area contributed by atoms with Gasteiger partial charge in [-0.3, -0.25) is 0 Å². The van der Waals surface area contributed by atoms with Crippen LogP contribution in [0.4, 0.5) is 4.79 Å². The maximum atomic E-state index is 11.7. The molecule has 2 atom stereocenters. The third kappa shape index (κ3) is 2.35. The molecule has 1 aromatic carbocycles. The van der Waals surface area contributed by atoms with Crippen LogP contribution in [0.2, 0.25) is 0 Å². The molecule has 1 heterocycles. The summed E-state index contributed by atoms with van der Waals surface area (Å²) in [6, 6.07) is 9.99. The topological polar surface area (TPSA) is 29.5 Å². The first-order valence-electron chi connectivity index (χ1n) is 5.66. The second-order valence-electron chi connectivity index (χ2n) is 4.43. The van der Waals surface area contributed by atoms with Crippen molar-refractivity contribution >= 4 is 6.09 Å². The zero-order valence-electron chi connectivity index (χ0n) is 9.72. The van der Waals surface area contributed by atoms with E-state index in [1.54, 1.807) is 4.90 Å². The highest BCUT2D eigenvalue weighted by molar-refractivity contribution is 5.68. The van der Waals surface area contributed by atoms with Gasteiger partial charge in [0.15, 0.2) is 0 Å². The van der Waals surface area contributed by atoms with Crippen LogP contribution in [-0.2, 0) is 11.3 Å². The average molecular weight is 219 g/mol. The average Bonchev–Trinajstić information content (AvgIpc) is 2.27. The highest BCUT2D eigenvalue weighted by Gasteiger charge is 2.29. The summed E-state index contributed by atoms with van der Waals surface area (Å²) in [5.74, 6) is 0.390. The molecule has 16 heavy (non-hydrogen) atoms. The zero-order chi connectivity index (χ0) is 11.5. The van der Waals surface area contributed by atoms with Gasteiger partial charge in [0.25, 0.3) is 0 Å². The molecular formula is C13H17NO2. The number of ether oxygens (including phenoxy) is 1. The molecule has 3 heteroatoms. The summed E-state index contributed by atoms with van der Waals surface area (Å²) in [5.41, 5.74) is 1.14. The van der Waals surface area contributed by atoms with E-state index in [-0.39, 0.29) is 12.2 Å². The van der Waals surface area contributed by atoms with Crippen LogP contribution in [0.5, 0.6) is 0 Å². The molecule has 2 rings (SSSR count). The fourth-order valence-corrected chi connectivity index (χ4v) is 1.85. The molecule has 0 saturated carbocycles. The van der Waals surface area contributed by atoms with Crippen molar-refractivity contribution in [3.8, 4) is 0 Å². The van der Waals surface area contributed by atoms with E-state index < -0.39 is 0 Å². The lowest BCUT2D eigenvalue weighted by molar-refractivity contribution is 0.0000363. The Labute approximate surface area is 96.0 Å². The van der Waals surface area contributed by atoms with E-state index in [0.29, 0.717) is 12.5 Å². The minimum atomic E-state index is -0.200. The summed E-state index contributed by atoms with van der Waals surface area (Å²) in [5, 5.41) is 0. The Morgan fingerprint density at radius 3 is 2.69 bits per heavy atom. The highest BCUT2D eigenvalue weighted by atomic mass is 16.6. The first-order valence-corrected chi connectivity index (χ1v) is 5.66. The van der Waals surface area contributed by atoms with E-state index in [1.165, 1.54) is 0 Å². The van der Waals surface area contributed by atoms with Crippen molar-refractivity contribution in [2.75, 3.05) is 6.54 Å². The molecule has 0 N–H and O–H groups in total. The largest absolute Gasteiger partial charge is 0.446 e. The molecule has 1 fully saturated rings. The van der Waals surface area contributed by atoms with E-state index in [9.17, 15) is 4.79 Å². The van der Waals surface area contributed by atoms with Crippen molar-refractivity contribution in [2.45, 2.75) is 26.5 Å². The lowest BCUT2D eigenvalue weighted by Crippen LogP contribution is -2.45. The molecule has 1 saturated heterocycles. The molecule has 3 nitrogen and oxygen atoms in total. The highest BCUT2D eigenvalue weighted by Crippen LogP contribution is 2.19. The van der Waals surface area contributed by atoms with E-state index in [1.807, 2.05) is 37.3 Å². The third-order valence-corrected chi connectivity index (χ3v) is 3.07. The molecule has 1 amide bonds. The number of carbonyl (C=O) groups is 1. The minimum Gasteiger partial charge on any atom is -0.446 e. The van der Waals surface area contributed by atoms with Gasteiger partial charge in [-0.1, -0.05) is 37.3 Å². The van der Waals surface area contributed by atoms with Crippen molar-refractivity contribution < 1.29 is 9.53 Å². The number of rotatable bonds is 2. The lowest BCUT2D eigenvalue weighted by Gasteiger charge is -2.34. The number of benzene rings is 1. The van der Waals surface area contributed by atoms with Crippen LogP contribution in [0.15, 0.2) is 30.3 Å². The van der Waals surface area contributed by atoms with E-state index in [4.69, 9.17) is 4.74 Å². The first-order chi connectivity index (χ1) is 7.66. The monoisotopic (exact) mass is 219 g/mol. The molecule has 1 aliphatic heterocycles. The zero-order valence-corrected chi connectivity index (χ0v) is 9.72. The summed E-state index contributed by atoms with van der Waals surface area (Å²) in [7, 11) is 0. The van der Waals surface area contributed by atoms with Crippen molar-refractivity contribution in [3.63, 3.8) is 0 Å². The normalized spacial score (nSPS) is 25.4. The van der Waals surface area contributed by atoms with Crippen molar-refractivity contribution in [1.82, 2.24) is 4.90 Å². The van der Waals surface area contributed by atoms with Crippen LogP contribution in [-0.4, -0.2) is 23.6 Å². The van der Waals surface area contributed by atoms with Gasteiger partial charge in [0.2, 0.25) is 0 Å². The summed E-state index contributed by atoms with van der Waals surface area (Å²) in [4.78, 5) is 13.4. The smallest absolute Gasteiger partial charge is 0.410 e. The van der Waals surface area contributed by atoms with Gasteiger partial charge in [0.05, 0.1) is 0 Å². The van der Waals surface area contributed by atoms with E-state index in [0.717, 1.165) is 12.1 Å². The quantitative estimate of drug-likeness (QED) is 0.765. The Morgan fingerprint density at radius 2 is 2.00 bits per heavy atom. The Bertz CT molecular complexity index is 363. The summed E-state index contributed by atoms with van der Waals surface area (Å²) < 4.78 is 5.27. The van der Waals surface area contributed by atoms with Crippen LogP contribution in [0, 0.1) is 5.92 Å². The molecule has 1 aliphatic rings. The number of cyclic esters (lactones) is 1. The van der Waals surface area contributed by atoms with Gasteiger partial charge in [-0.15, -0.1) is 0 Å². The number of nitrogens with zero attached hydrogens (tertiary/aromatic N) is 1. The predicted molar refractivity (Wildman–Crippen MR) is 62.0 cm³/mol. The molecular weight excluding hydrogens is 202 g/mol. The SMILES string of the molecule is C[C@@H]1CN(Cc2ccccc2)C(=O)O[C@H]1C. The van der Waals surface area contributed by atoms with Crippen molar-refractivity contribution in [2.24, 2.45) is 5.92 Å². The maximum Gasteiger partial charge on any atom is 0.410 e. The van der Waals surface area contributed by atoms with E-state index in [2.05, 4.69) is 6.92 Å². The third-order valence-electron chi connectivity index (χ3n) is 3.07. The van der Waals surface area contributed by atoms with E-state index >= 15 is 0 Å². The van der Waals surface area contributed by atoms with Gasteiger partial charge in [-0.2, -0.15) is 0 Å². The van der Waals surface area contributed by atoms with Crippen LogP contribution in [0.3, 0.4) is 0 Å². The van der Waals surface area contributed by atoms with Crippen molar-refractivity contribution in [3.05, 3.63) is 35.9 Å². The molecule has 0 aliphatic carbocycles. The summed E-state index contributed by atoms with van der Waals surface area (Å²) in [6.45, 7) is 5.46. The van der Waals surface area contributed by atoms with Gasteiger partial charge < -0.3 is 9.64 Å². The molecule has 0 spiro atoms. The molecule has 0 unspecified atom stereocenters. The van der Waals surface area contributed by atoms with Gasteiger partial charge in [0.1, 0.15) is 6.10 Å². The minimum absolute atomic E-state index is 0.0273. The number of carbonyl (C=O) groups excluding carboxylic acids is 1. The lowest BCUT2D eigenvalue weighted by atomic mass is 10.0. The second kappa shape index (κ2) is 4.56. The maximum absolute atomic E-state index is 11.7. The molecule has 86 valence electrons. The Hall–Kier alpha value is -1.51. The number of hydrogen-bond acceptors (Lipinski definition) is 2. The van der Waals surface area contributed by atoms with Crippen LogP contribution >= 0.6 is 0 Å². The van der Waals surface area contributed by atoms with Crippen LogP contribution < -0.4 is 0 Å². The molecule has 0 bridgehead atoms. The molecule has 1 aromatic rings. The van der Waals surface area contributed by atoms with Gasteiger partial charge in [-0.05, 0) is 12.5 Å². The van der Waals surface area contributed by atoms with Gasteiger partial charge >= 0.3 is 6.09 Å². The van der Waals surface area contributed by atoms with Gasteiger partial charge in [-0.25, -0.2) is 4.79 Å². The standard InChI is InChI=1S/C13H17NO2/c1-10-8-14(13(15)16-11(10)2)9-12-6-4-3-5-7-12/h3-7,10-11H,8-9H2,1-2H3/t10-,11+/m1/s1. The van der Waals surface area contributed by atoms with Crippen LogP contribution in [0.25, 0.3) is 0 Å². The fraction of sp³-hybridized carbons (Fsp3) is 0.462. The molecule has 0 aromatic heterocycles. The van der Waals surface area contributed by atoms with Crippen LogP contribution in [0.1, 0.15) is 19.4 Å². The van der Waals surface area contributed by atoms with Gasteiger partial charge in [0, 0.05) is 19.0 Å². The predicted octanol–water partition coefficient (Wildman–Crippen LogP) is 2.66. The first kappa shape index (κ1) is 11.0. The van der Waals surface area contributed by atoms with Crippen molar-refractivity contribution in [1.29, 1.82) is 0 Å². The Balaban J connectivity index is 2.02.